The number of ether oxygens (including phenoxy) is 1. The number of pyridine rings is 1. The van der Waals surface area contributed by atoms with E-state index < -0.39 is 0 Å². The van der Waals surface area contributed by atoms with Crippen LogP contribution in [0.4, 0.5) is 0 Å². The van der Waals surface area contributed by atoms with Gasteiger partial charge in [0.25, 0.3) is 5.91 Å². The van der Waals surface area contributed by atoms with Crippen molar-refractivity contribution >= 4 is 5.91 Å². The van der Waals surface area contributed by atoms with Crippen molar-refractivity contribution in [1.82, 2.24) is 15.2 Å². The standard InChI is InChI=1S/C24H33N3O2/c1-3-7-23(29-18-21-8-5-4-6-9-21)27-14-11-20(12-15-27)17-26-24(28)22-10-13-25-19(2)16-22/h5,7-10,13,16,20H,3-4,6,11-12,14-15,17-18H2,1-2H3,(H,26,28). The lowest BCUT2D eigenvalue weighted by Gasteiger charge is -2.34. The highest BCUT2D eigenvalue weighted by Crippen LogP contribution is 2.22. The average Bonchev–Trinajstić information content (AvgIpc) is 2.76. The topological polar surface area (TPSA) is 54.5 Å². The monoisotopic (exact) mass is 395 g/mol. The third kappa shape index (κ3) is 6.48. The SMILES string of the molecule is CCC=C(OCC1=CCCC=C1)N1CCC(CNC(=O)c2ccnc(C)c2)CC1. The van der Waals surface area contributed by atoms with Gasteiger partial charge in [0.05, 0.1) is 0 Å². The highest BCUT2D eigenvalue weighted by molar-refractivity contribution is 5.94. The molecule has 1 aliphatic heterocycles. The summed E-state index contributed by atoms with van der Waals surface area (Å²) in [6, 6.07) is 3.59. The highest BCUT2D eigenvalue weighted by Gasteiger charge is 2.22. The molecule has 0 spiro atoms. The van der Waals surface area contributed by atoms with Crippen LogP contribution in [0.15, 0.2) is 54.1 Å². The maximum absolute atomic E-state index is 12.3. The molecule has 1 aliphatic carbocycles. The van der Waals surface area contributed by atoms with Crippen LogP contribution in [0.3, 0.4) is 0 Å². The van der Waals surface area contributed by atoms with Crippen LogP contribution in [0.25, 0.3) is 0 Å². The Morgan fingerprint density at radius 2 is 2.17 bits per heavy atom. The minimum Gasteiger partial charge on any atom is -0.474 e. The second-order valence-corrected chi connectivity index (χ2v) is 7.82. The molecule has 3 rings (SSSR count). The Hall–Kier alpha value is -2.56. The normalized spacial score (nSPS) is 17.8. The number of carbonyl (C=O) groups excluding carboxylic acids is 1. The lowest BCUT2D eigenvalue weighted by atomic mass is 9.96. The summed E-state index contributed by atoms with van der Waals surface area (Å²) in [7, 11) is 0. The minimum atomic E-state index is -0.0124. The third-order valence-corrected chi connectivity index (χ3v) is 5.47. The summed E-state index contributed by atoms with van der Waals surface area (Å²) in [4.78, 5) is 18.8. The van der Waals surface area contributed by atoms with Crippen LogP contribution < -0.4 is 5.32 Å². The third-order valence-electron chi connectivity index (χ3n) is 5.47. The van der Waals surface area contributed by atoms with Crippen molar-refractivity contribution in [3.05, 3.63) is 65.3 Å². The number of allylic oxidation sites excluding steroid dienone is 3. The number of hydrogen-bond donors (Lipinski definition) is 1. The van der Waals surface area contributed by atoms with Crippen LogP contribution in [0.2, 0.25) is 0 Å². The van der Waals surface area contributed by atoms with Gasteiger partial charge in [0.2, 0.25) is 0 Å². The van der Waals surface area contributed by atoms with E-state index in [9.17, 15) is 4.79 Å². The Balaban J connectivity index is 1.44. The average molecular weight is 396 g/mol. The van der Waals surface area contributed by atoms with E-state index in [1.165, 1.54) is 5.57 Å². The Kier molecular flexibility index (Phi) is 7.91. The van der Waals surface area contributed by atoms with Crippen molar-refractivity contribution in [2.24, 2.45) is 5.92 Å². The van der Waals surface area contributed by atoms with Crippen LogP contribution in [0.5, 0.6) is 0 Å². The number of carbonyl (C=O) groups is 1. The van der Waals surface area contributed by atoms with Gasteiger partial charge in [-0.2, -0.15) is 0 Å². The fourth-order valence-electron chi connectivity index (χ4n) is 3.77. The second-order valence-electron chi connectivity index (χ2n) is 7.82. The smallest absolute Gasteiger partial charge is 0.251 e. The molecule has 0 radical (unpaired) electrons. The molecule has 1 aromatic heterocycles. The zero-order chi connectivity index (χ0) is 20.5. The molecule has 1 fully saturated rings. The highest BCUT2D eigenvalue weighted by atomic mass is 16.5. The lowest BCUT2D eigenvalue weighted by molar-refractivity contribution is 0.0885. The minimum absolute atomic E-state index is 0.0124. The summed E-state index contributed by atoms with van der Waals surface area (Å²) in [6.07, 6.45) is 15.8. The first kappa shape index (κ1) is 21.2. The Labute approximate surface area is 174 Å². The van der Waals surface area contributed by atoms with E-state index >= 15 is 0 Å². The van der Waals surface area contributed by atoms with Gasteiger partial charge in [0.15, 0.2) is 5.88 Å². The Bertz CT molecular complexity index is 774. The van der Waals surface area contributed by atoms with E-state index in [0.717, 1.165) is 63.3 Å². The number of likely N-dealkylation sites (tertiary alicyclic amines) is 1. The molecule has 156 valence electrons. The first-order chi connectivity index (χ1) is 14.2. The van der Waals surface area contributed by atoms with E-state index in [2.05, 4.69) is 46.4 Å². The van der Waals surface area contributed by atoms with Gasteiger partial charge < -0.3 is 15.0 Å². The molecule has 1 amide bonds. The zero-order valence-corrected chi connectivity index (χ0v) is 17.7. The van der Waals surface area contributed by atoms with Crippen molar-refractivity contribution in [3.8, 4) is 0 Å². The van der Waals surface area contributed by atoms with Gasteiger partial charge in [-0.05, 0) is 68.7 Å². The van der Waals surface area contributed by atoms with Gasteiger partial charge in [-0.25, -0.2) is 0 Å². The summed E-state index contributed by atoms with van der Waals surface area (Å²) in [5.74, 6) is 1.49. The van der Waals surface area contributed by atoms with Crippen molar-refractivity contribution in [2.45, 2.75) is 46.0 Å². The van der Waals surface area contributed by atoms with E-state index in [4.69, 9.17) is 4.74 Å². The Morgan fingerprint density at radius 3 is 2.86 bits per heavy atom. The number of aromatic nitrogens is 1. The number of aryl methyl sites for hydroxylation is 1. The van der Waals surface area contributed by atoms with Crippen molar-refractivity contribution in [3.63, 3.8) is 0 Å². The molecule has 1 aromatic rings. The van der Waals surface area contributed by atoms with Gasteiger partial charge >= 0.3 is 0 Å². The zero-order valence-electron chi connectivity index (χ0n) is 17.7. The molecule has 2 heterocycles. The molecule has 0 unspecified atom stereocenters. The molecule has 1 saturated heterocycles. The van der Waals surface area contributed by atoms with Crippen LogP contribution in [0, 0.1) is 12.8 Å². The number of hydrogen-bond acceptors (Lipinski definition) is 4. The molecule has 0 aromatic carbocycles. The van der Waals surface area contributed by atoms with Gasteiger partial charge in [0.1, 0.15) is 6.61 Å². The fraction of sp³-hybridized carbons (Fsp3) is 0.500. The summed E-state index contributed by atoms with van der Waals surface area (Å²) in [5.41, 5.74) is 2.81. The van der Waals surface area contributed by atoms with Gasteiger partial charge in [-0.15, -0.1) is 0 Å². The lowest BCUT2D eigenvalue weighted by Crippen LogP contribution is -2.38. The molecule has 5 heteroatoms. The van der Waals surface area contributed by atoms with Gasteiger partial charge in [-0.3, -0.25) is 9.78 Å². The van der Waals surface area contributed by atoms with Crippen LogP contribution in [-0.2, 0) is 4.74 Å². The molecule has 2 aliphatic rings. The van der Waals surface area contributed by atoms with E-state index in [0.29, 0.717) is 18.1 Å². The van der Waals surface area contributed by atoms with E-state index in [-0.39, 0.29) is 5.91 Å². The van der Waals surface area contributed by atoms with Crippen LogP contribution in [-0.4, -0.2) is 42.0 Å². The maximum atomic E-state index is 12.3. The molecule has 29 heavy (non-hydrogen) atoms. The molecule has 0 atom stereocenters. The number of nitrogens with zero attached hydrogens (tertiary/aromatic N) is 2. The predicted molar refractivity (Wildman–Crippen MR) is 116 cm³/mol. The molecule has 0 saturated carbocycles. The van der Waals surface area contributed by atoms with Crippen LogP contribution >= 0.6 is 0 Å². The molecular weight excluding hydrogens is 362 g/mol. The van der Waals surface area contributed by atoms with Crippen molar-refractivity contribution in [2.75, 3.05) is 26.2 Å². The predicted octanol–water partition coefficient (Wildman–Crippen LogP) is 4.38. The second kappa shape index (κ2) is 10.8. The van der Waals surface area contributed by atoms with Gasteiger partial charge in [-0.1, -0.05) is 25.2 Å². The molecular formula is C24H33N3O2. The summed E-state index contributed by atoms with van der Waals surface area (Å²) in [6.45, 7) is 7.34. The first-order valence-electron chi connectivity index (χ1n) is 10.8. The van der Waals surface area contributed by atoms with Crippen molar-refractivity contribution < 1.29 is 9.53 Å². The number of rotatable bonds is 8. The first-order valence-corrected chi connectivity index (χ1v) is 10.8. The van der Waals surface area contributed by atoms with Crippen LogP contribution in [0.1, 0.15) is 55.1 Å². The molecule has 1 N–H and O–H groups in total. The van der Waals surface area contributed by atoms with Gasteiger partial charge in [0, 0.05) is 37.1 Å². The van der Waals surface area contributed by atoms with E-state index in [1.807, 2.05) is 13.0 Å². The number of nitrogens with one attached hydrogen (secondary N) is 1. The summed E-state index contributed by atoms with van der Waals surface area (Å²) < 4.78 is 6.16. The number of piperidine rings is 1. The molecule has 0 bridgehead atoms. The largest absolute Gasteiger partial charge is 0.474 e. The summed E-state index contributed by atoms with van der Waals surface area (Å²) >= 11 is 0. The Morgan fingerprint density at radius 1 is 1.34 bits per heavy atom. The van der Waals surface area contributed by atoms with E-state index in [1.54, 1.807) is 12.3 Å². The number of amides is 1. The fourth-order valence-corrected chi connectivity index (χ4v) is 3.77. The summed E-state index contributed by atoms with van der Waals surface area (Å²) in [5, 5.41) is 3.09. The maximum Gasteiger partial charge on any atom is 0.251 e. The quantitative estimate of drug-likeness (QED) is 0.664. The molecule has 5 nitrogen and oxygen atoms in total. The van der Waals surface area contributed by atoms with Crippen molar-refractivity contribution in [1.29, 1.82) is 0 Å².